The van der Waals surface area contributed by atoms with Gasteiger partial charge in [0.2, 0.25) is 5.91 Å². The van der Waals surface area contributed by atoms with Crippen LogP contribution in [0.2, 0.25) is 0 Å². The number of amides is 4. The lowest BCUT2D eigenvalue weighted by Crippen LogP contribution is -2.53. The molecule has 0 unspecified atom stereocenters. The molecule has 0 atom stereocenters. The van der Waals surface area contributed by atoms with Crippen molar-refractivity contribution in [1.29, 1.82) is 0 Å². The van der Waals surface area contributed by atoms with Crippen LogP contribution in [0.25, 0.3) is 0 Å². The first-order chi connectivity index (χ1) is 15.3. The van der Waals surface area contributed by atoms with Crippen molar-refractivity contribution in [1.82, 2.24) is 15.1 Å². The van der Waals surface area contributed by atoms with Gasteiger partial charge < -0.3 is 15.1 Å². The molecule has 1 saturated carbocycles. The average molecular weight is 441 g/mol. The van der Waals surface area contributed by atoms with Gasteiger partial charge in [0.05, 0.1) is 0 Å². The van der Waals surface area contributed by atoms with E-state index in [4.69, 9.17) is 0 Å². The van der Waals surface area contributed by atoms with E-state index in [9.17, 15) is 14.4 Å². The monoisotopic (exact) mass is 440 g/mol. The Labute approximate surface area is 191 Å². The normalized spacial score (nSPS) is 26.6. The number of anilines is 1. The molecule has 4 amide bonds. The molecule has 0 radical (unpaired) electrons. The van der Waals surface area contributed by atoms with Crippen LogP contribution in [-0.2, 0) is 9.59 Å². The maximum absolute atomic E-state index is 13.2. The summed E-state index contributed by atoms with van der Waals surface area (Å²) in [5.74, 6) is 0.185. The lowest BCUT2D eigenvalue weighted by Gasteiger charge is -2.42. The van der Waals surface area contributed by atoms with Crippen molar-refractivity contribution in [3.63, 3.8) is 0 Å². The van der Waals surface area contributed by atoms with E-state index < -0.39 is 11.6 Å². The highest BCUT2D eigenvalue weighted by Crippen LogP contribution is 2.45. The number of rotatable bonds is 5. The van der Waals surface area contributed by atoms with Crippen LogP contribution in [0.3, 0.4) is 0 Å². The number of para-hydroxylation sites is 1. The zero-order valence-corrected chi connectivity index (χ0v) is 19.6. The molecular weight excluding hydrogens is 404 g/mol. The maximum Gasteiger partial charge on any atom is 0.325 e. The minimum Gasteiger partial charge on any atom is -0.368 e. The van der Waals surface area contributed by atoms with Gasteiger partial charge in [-0.15, -0.1) is 0 Å². The van der Waals surface area contributed by atoms with E-state index in [2.05, 4.69) is 43.1 Å². The molecule has 1 N–H and O–H groups in total. The summed E-state index contributed by atoms with van der Waals surface area (Å²) in [6.45, 7) is 9.29. The molecule has 2 saturated heterocycles. The number of carbonyl (C=O) groups excluding carboxylic acids is 3. The predicted molar refractivity (Wildman–Crippen MR) is 124 cm³/mol. The summed E-state index contributed by atoms with van der Waals surface area (Å²) in [5, 5.41) is 2.95. The third-order valence-corrected chi connectivity index (χ3v) is 8.15. The van der Waals surface area contributed by atoms with Gasteiger partial charge in [0.15, 0.2) is 0 Å². The number of urea groups is 1. The number of piperazine rings is 1. The fourth-order valence-electron chi connectivity index (χ4n) is 5.43. The molecule has 1 spiro atoms. The number of nitrogens with zero attached hydrogens (tertiary/aromatic N) is 3. The number of nitrogens with one attached hydrogen (secondary N) is 1. The molecule has 1 aromatic carbocycles. The molecule has 32 heavy (non-hydrogen) atoms. The van der Waals surface area contributed by atoms with E-state index in [1.54, 1.807) is 4.90 Å². The molecular formula is C25H36N4O3. The van der Waals surface area contributed by atoms with Crippen molar-refractivity contribution in [3.8, 4) is 0 Å². The van der Waals surface area contributed by atoms with Crippen molar-refractivity contribution in [3.05, 3.63) is 30.3 Å². The van der Waals surface area contributed by atoms with E-state index >= 15 is 0 Å². The molecule has 0 bridgehead atoms. The van der Waals surface area contributed by atoms with Gasteiger partial charge in [-0.25, -0.2) is 4.79 Å². The van der Waals surface area contributed by atoms with Crippen LogP contribution in [0, 0.1) is 11.3 Å². The van der Waals surface area contributed by atoms with Crippen molar-refractivity contribution in [2.45, 2.75) is 58.4 Å². The second-order valence-corrected chi connectivity index (χ2v) is 10.2. The number of imide groups is 1. The summed E-state index contributed by atoms with van der Waals surface area (Å²) in [6.07, 6.45) is 4.27. The molecule has 4 rings (SSSR count). The molecule has 0 aromatic heterocycles. The molecule has 3 fully saturated rings. The average Bonchev–Trinajstić information content (AvgIpc) is 3.04. The van der Waals surface area contributed by atoms with E-state index in [1.165, 1.54) is 0 Å². The third-order valence-electron chi connectivity index (χ3n) is 8.15. The fraction of sp³-hybridized carbons (Fsp3) is 0.640. The van der Waals surface area contributed by atoms with Gasteiger partial charge in [0.25, 0.3) is 5.91 Å². The van der Waals surface area contributed by atoms with Crippen LogP contribution in [-0.4, -0.2) is 65.9 Å². The Balaban J connectivity index is 1.33. The molecule has 2 heterocycles. The van der Waals surface area contributed by atoms with Crippen LogP contribution in [0.1, 0.15) is 52.9 Å². The first kappa shape index (κ1) is 22.6. The quantitative estimate of drug-likeness (QED) is 0.714. The van der Waals surface area contributed by atoms with E-state index in [0.717, 1.165) is 42.9 Å². The molecule has 1 aliphatic carbocycles. The summed E-state index contributed by atoms with van der Waals surface area (Å²) < 4.78 is 0. The zero-order chi connectivity index (χ0) is 22.9. The SMILES string of the molecule is CCC(C)(C)C1CCC2(CC1)NC(=O)N(CC(=O)N1CCN(c3ccccc3)CC1)C2=O. The Kier molecular flexibility index (Phi) is 6.19. The summed E-state index contributed by atoms with van der Waals surface area (Å²) in [5.41, 5.74) is 0.576. The zero-order valence-electron chi connectivity index (χ0n) is 19.6. The molecule has 1 aromatic rings. The van der Waals surface area contributed by atoms with Crippen LogP contribution in [0.4, 0.5) is 10.5 Å². The third kappa shape index (κ3) is 4.21. The van der Waals surface area contributed by atoms with Crippen LogP contribution in [0.5, 0.6) is 0 Å². The Morgan fingerprint density at radius 2 is 1.69 bits per heavy atom. The fourth-order valence-corrected chi connectivity index (χ4v) is 5.43. The van der Waals surface area contributed by atoms with Gasteiger partial charge >= 0.3 is 6.03 Å². The van der Waals surface area contributed by atoms with E-state index in [-0.39, 0.29) is 23.8 Å². The van der Waals surface area contributed by atoms with Gasteiger partial charge in [0.1, 0.15) is 12.1 Å². The second-order valence-electron chi connectivity index (χ2n) is 10.2. The minimum absolute atomic E-state index is 0.154. The van der Waals surface area contributed by atoms with E-state index in [0.29, 0.717) is 31.8 Å². The smallest absolute Gasteiger partial charge is 0.325 e. The lowest BCUT2D eigenvalue weighted by atomic mass is 9.65. The van der Waals surface area contributed by atoms with Crippen molar-refractivity contribution in [2.75, 3.05) is 37.6 Å². The van der Waals surface area contributed by atoms with Gasteiger partial charge in [-0.3, -0.25) is 14.5 Å². The highest BCUT2D eigenvalue weighted by molar-refractivity contribution is 6.09. The lowest BCUT2D eigenvalue weighted by molar-refractivity contribution is -0.140. The highest BCUT2D eigenvalue weighted by atomic mass is 16.2. The number of carbonyl (C=O) groups is 3. The van der Waals surface area contributed by atoms with Crippen molar-refractivity contribution < 1.29 is 14.4 Å². The standard InChI is InChI=1S/C25H36N4O3/c1-4-24(2,3)19-10-12-25(13-11-19)22(31)29(23(32)26-25)18-21(30)28-16-14-27(15-17-28)20-8-6-5-7-9-20/h5-9,19H,4,10-18H2,1-3H3,(H,26,32). The Morgan fingerprint density at radius 3 is 2.28 bits per heavy atom. The molecule has 7 heteroatoms. The van der Waals surface area contributed by atoms with Gasteiger partial charge in [-0.1, -0.05) is 45.4 Å². The Bertz CT molecular complexity index is 853. The largest absolute Gasteiger partial charge is 0.368 e. The highest BCUT2D eigenvalue weighted by Gasteiger charge is 2.54. The van der Waals surface area contributed by atoms with Crippen LogP contribution >= 0.6 is 0 Å². The van der Waals surface area contributed by atoms with Crippen LogP contribution in [0.15, 0.2) is 30.3 Å². The number of hydrogen-bond acceptors (Lipinski definition) is 4. The predicted octanol–water partition coefficient (Wildman–Crippen LogP) is 3.25. The Hall–Kier alpha value is -2.57. The Morgan fingerprint density at radius 1 is 1.06 bits per heavy atom. The van der Waals surface area contributed by atoms with Crippen LogP contribution < -0.4 is 10.2 Å². The van der Waals surface area contributed by atoms with E-state index in [1.807, 2.05) is 18.2 Å². The molecule has 3 aliphatic rings. The number of hydrogen-bond donors (Lipinski definition) is 1. The summed E-state index contributed by atoms with van der Waals surface area (Å²) in [4.78, 5) is 44.0. The topological polar surface area (TPSA) is 73.0 Å². The summed E-state index contributed by atoms with van der Waals surface area (Å²) in [6, 6.07) is 9.74. The minimum atomic E-state index is -0.816. The van der Waals surface area contributed by atoms with Gasteiger partial charge in [-0.05, 0) is 49.1 Å². The summed E-state index contributed by atoms with van der Waals surface area (Å²) >= 11 is 0. The van der Waals surface area contributed by atoms with Crippen molar-refractivity contribution in [2.24, 2.45) is 11.3 Å². The molecule has 2 aliphatic heterocycles. The molecule has 7 nitrogen and oxygen atoms in total. The molecule has 174 valence electrons. The maximum atomic E-state index is 13.2. The summed E-state index contributed by atoms with van der Waals surface area (Å²) in [7, 11) is 0. The second kappa shape index (κ2) is 8.75. The first-order valence-corrected chi connectivity index (χ1v) is 12.0. The van der Waals surface area contributed by atoms with Crippen molar-refractivity contribution >= 4 is 23.5 Å². The van der Waals surface area contributed by atoms with Gasteiger partial charge in [0, 0.05) is 31.9 Å². The van der Waals surface area contributed by atoms with Gasteiger partial charge in [-0.2, -0.15) is 0 Å². The first-order valence-electron chi connectivity index (χ1n) is 12.0. The number of benzene rings is 1.